The lowest BCUT2D eigenvalue weighted by Crippen LogP contribution is -2.44. The van der Waals surface area contributed by atoms with Crippen LogP contribution in [0.2, 0.25) is 5.15 Å². The van der Waals surface area contributed by atoms with Gasteiger partial charge in [-0.15, -0.1) is 0 Å². The normalized spacial score (nSPS) is 15.8. The number of hydrogen-bond donors (Lipinski definition) is 2. The molecule has 0 aromatic carbocycles. The largest absolute Gasteiger partial charge is 0.350 e. The summed E-state index contributed by atoms with van der Waals surface area (Å²) >= 11 is 5.82. The van der Waals surface area contributed by atoms with Gasteiger partial charge in [0.15, 0.2) is 5.82 Å². The van der Waals surface area contributed by atoms with Crippen LogP contribution in [0.3, 0.4) is 0 Å². The first kappa shape index (κ1) is 19.1. The van der Waals surface area contributed by atoms with Crippen LogP contribution >= 0.6 is 11.6 Å². The number of carbonyl (C=O) groups is 1. The number of nitrogens with zero attached hydrogens (tertiary/aromatic N) is 6. The van der Waals surface area contributed by atoms with Crippen molar-refractivity contribution in [1.82, 2.24) is 24.7 Å². The molecule has 0 aliphatic carbocycles. The molecule has 1 aliphatic heterocycles. The number of anilines is 3. The van der Waals surface area contributed by atoms with Crippen molar-refractivity contribution in [3.63, 3.8) is 0 Å². The van der Waals surface area contributed by atoms with Crippen molar-refractivity contribution < 1.29 is 4.79 Å². The predicted molar refractivity (Wildman–Crippen MR) is 111 cm³/mol. The molecule has 1 amide bonds. The van der Waals surface area contributed by atoms with E-state index in [0.29, 0.717) is 35.7 Å². The van der Waals surface area contributed by atoms with Crippen LogP contribution in [0.15, 0.2) is 30.7 Å². The van der Waals surface area contributed by atoms with Crippen LogP contribution in [-0.2, 0) is 17.9 Å². The third kappa shape index (κ3) is 4.00. The van der Waals surface area contributed by atoms with Crippen molar-refractivity contribution in [2.24, 2.45) is 0 Å². The lowest BCUT2D eigenvalue weighted by atomic mass is 10.2. The number of carbonyl (C=O) groups excluding carboxylic acids is 1. The zero-order valence-electron chi connectivity index (χ0n) is 16.3. The molecule has 9 nitrogen and oxygen atoms in total. The number of nitrogens with one attached hydrogen (secondary N) is 2. The van der Waals surface area contributed by atoms with E-state index in [2.05, 4.69) is 30.7 Å². The summed E-state index contributed by atoms with van der Waals surface area (Å²) in [5.74, 6) is 1.15. The number of likely N-dealkylation sites (N-methyl/N-ethyl adjacent to an activating group) is 1. The van der Waals surface area contributed by atoms with Gasteiger partial charge in [0.25, 0.3) is 0 Å². The second-order valence-corrected chi connectivity index (χ2v) is 7.38. The molecule has 0 fully saturated rings. The third-order valence-corrected chi connectivity index (χ3v) is 5.11. The molecule has 1 aliphatic rings. The van der Waals surface area contributed by atoms with Gasteiger partial charge in [-0.2, -0.15) is 10.1 Å². The van der Waals surface area contributed by atoms with Gasteiger partial charge in [0.1, 0.15) is 16.9 Å². The molecule has 4 rings (SSSR count). The number of fused-ring (bicyclic) bond motifs is 1. The molecule has 4 heterocycles. The number of pyridine rings is 1. The van der Waals surface area contributed by atoms with E-state index in [1.54, 1.807) is 18.5 Å². The van der Waals surface area contributed by atoms with E-state index in [-0.39, 0.29) is 11.9 Å². The number of halogens is 1. The first-order chi connectivity index (χ1) is 13.9. The SMILES string of the molecule is Cc1nc(NCc2cnn(Cc3ccc(Cl)nc3)c2)nc2c1NC(=O)[C@H](C)N2C. The Kier molecular flexibility index (Phi) is 5.06. The van der Waals surface area contributed by atoms with Crippen molar-refractivity contribution in [3.8, 4) is 0 Å². The highest BCUT2D eigenvalue weighted by atomic mass is 35.5. The topological polar surface area (TPSA) is 101 Å². The van der Waals surface area contributed by atoms with E-state index in [1.165, 1.54) is 0 Å². The second-order valence-electron chi connectivity index (χ2n) is 7.00. The first-order valence-corrected chi connectivity index (χ1v) is 9.56. The molecule has 3 aromatic heterocycles. The molecule has 0 unspecified atom stereocenters. The molecule has 0 bridgehead atoms. The molecule has 0 spiro atoms. The number of aryl methyl sites for hydroxylation is 1. The maximum absolute atomic E-state index is 12.0. The Balaban J connectivity index is 1.45. The zero-order chi connectivity index (χ0) is 20.5. The summed E-state index contributed by atoms with van der Waals surface area (Å²) in [6, 6.07) is 3.40. The Hall–Kier alpha value is -3.20. The van der Waals surface area contributed by atoms with E-state index in [4.69, 9.17) is 11.6 Å². The summed E-state index contributed by atoms with van der Waals surface area (Å²) in [7, 11) is 1.86. The molecule has 3 aromatic rings. The van der Waals surface area contributed by atoms with Crippen LogP contribution in [0.5, 0.6) is 0 Å². The lowest BCUT2D eigenvalue weighted by molar-refractivity contribution is -0.117. The Morgan fingerprint density at radius 3 is 2.83 bits per heavy atom. The Morgan fingerprint density at radius 2 is 2.07 bits per heavy atom. The lowest BCUT2D eigenvalue weighted by Gasteiger charge is -2.32. The van der Waals surface area contributed by atoms with Crippen LogP contribution in [0.25, 0.3) is 0 Å². The summed E-state index contributed by atoms with van der Waals surface area (Å²) in [5.41, 5.74) is 3.40. The highest BCUT2D eigenvalue weighted by Crippen LogP contribution is 2.32. The van der Waals surface area contributed by atoms with Crippen LogP contribution in [0, 0.1) is 6.92 Å². The third-order valence-electron chi connectivity index (χ3n) is 4.88. The fourth-order valence-corrected chi connectivity index (χ4v) is 3.19. The smallest absolute Gasteiger partial charge is 0.246 e. The van der Waals surface area contributed by atoms with Crippen LogP contribution < -0.4 is 15.5 Å². The Labute approximate surface area is 173 Å². The van der Waals surface area contributed by atoms with Crippen LogP contribution in [-0.4, -0.2) is 43.7 Å². The minimum Gasteiger partial charge on any atom is -0.350 e. The standard InChI is InChI=1S/C19H21ClN8O/c1-11-16-17(27(3)12(2)18(29)25-16)26-19(24-11)22-7-14-8-23-28(10-14)9-13-4-5-15(20)21-6-13/h4-6,8,10,12H,7,9H2,1-3H3,(H,25,29)(H,22,24,26)/t12-/m0/s1. The van der Waals surface area contributed by atoms with Gasteiger partial charge in [-0.3, -0.25) is 9.48 Å². The fraction of sp³-hybridized carbons (Fsp3) is 0.316. The van der Waals surface area contributed by atoms with Crippen molar-refractivity contribution in [3.05, 3.63) is 52.7 Å². The van der Waals surface area contributed by atoms with Gasteiger partial charge < -0.3 is 15.5 Å². The quantitative estimate of drug-likeness (QED) is 0.621. The van der Waals surface area contributed by atoms with E-state index in [9.17, 15) is 4.79 Å². The van der Waals surface area contributed by atoms with E-state index in [0.717, 1.165) is 16.8 Å². The summed E-state index contributed by atoms with van der Waals surface area (Å²) in [5, 5.41) is 11.0. The molecule has 0 radical (unpaired) electrons. The first-order valence-electron chi connectivity index (χ1n) is 9.18. The minimum absolute atomic E-state index is 0.0595. The minimum atomic E-state index is -0.287. The number of rotatable bonds is 5. The molecule has 150 valence electrons. The summed E-state index contributed by atoms with van der Waals surface area (Å²) in [6.07, 6.45) is 5.50. The summed E-state index contributed by atoms with van der Waals surface area (Å²) in [6.45, 7) is 4.84. The molecule has 0 saturated heterocycles. The van der Waals surface area contributed by atoms with E-state index < -0.39 is 0 Å². The molecular formula is C19H21ClN8O. The highest BCUT2D eigenvalue weighted by Gasteiger charge is 2.30. The molecule has 10 heteroatoms. The molecular weight excluding hydrogens is 392 g/mol. The van der Waals surface area contributed by atoms with Crippen LogP contribution in [0.4, 0.5) is 17.5 Å². The number of amides is 1. The van der Waals surface area contributed by atoms with Crippen molar-refractivity contribution in [1.29, 1.82) is 0 Å². The maximum Gasteiger partial charge on any atom is 0.246 e. The molecule has 0 saturated carbocycles. The number of hydrogen-bond acceptors (Lipinski definition) is 7. The summed E-state index contributed by atoms with van der Waals surface area (Å²) in [4.78, 5) is 27.0. The Bertz CT molecular complexity index is 1050. The van der Waals surface area contributed by atoms with Crippen LogP contribution in [0.1, 0.15) is 23.7 Å². The van der Waals surface area contributed by atoms with Gasteiger partial charge in [0.05, 0.1) is 18.4 Å². The van der Waals surface area contributed by atoms with Gasteiger partial charge in [-0.1, -0.05) is 17.7 Å². The van der Waals surface area contributed by atoms with E-state index >= 15 is 0 Å². The molecule has 1 atom stereocenters. The van der Waals surface area contributed by atoms with Gasteiger partial charge in [-0.25, -0.2) is 9.97 Å². The zero-order valence-corrected chi connectivity index (χ0v) is 17.1. The molecule has 2 N–H and O–H groups in total. The van der Waals surface area contributed by atoms with E-state index in [1.807, 2.05) is 42.7 Å². The number of aromatic nitrogens is 5. The fourth-order valence-electron chi connectivity index (χ4n) is 3.08. The van der Waals surface area contributed by atoms with Crippen molar-refractivity contribution in [2.75, 3.05) is 22.6 Å². The van der Waals surface area contributed by atoms with Gasteiger partial charge >= 0.3 is 0 Å². The van der Waals surface area contributed by atoms with Gasteiger partial charge in [0.2, 0.25) is 11.9 Å². The maximum atomic E-state index is 12.0. The highest BCUT2D eigenvalue weighted by molar-refractivity contribution is 6.29. The monoisotopic (exact) mass is 412 g/mol. The average molecular weight is 413 g/mol. The molecule has 29 heavy (non-hydrogen) atoms. The van der Waals surface area contributed by atoms with Gasteiger partial charge in [0, 0.05) is 31.5 Å². The Morgan fingerprint density at radius 1 is 1.24 bits per heavy atom. The second kappa shape index (κ2) is 7.67. The summed E-state index contributed by atoms with van der Waals surface area (Å²) < 4.78 is 1.84. The van der Waals surface area contributed by atoms with Gasteiger partial charge in [-0.05, 0) is 25.5 Å². The van der Waals surface area contributed by atoms with Crippen molar-refractivity contribution in [2.45, 2.75) is 33.0 Å². The average Bonchev–Trinajstić information content (AvgIpc) is 3.15. The van der Waals surface area contributed by atoms with Crippen molar-refractivity contribution >= 4 is 35.0 Å². The predicted octanol–water partition coefficient (Wildman–Crippen LogP) is 2.47.